The Balaban J connectivity index is 1.94. The summed E-state index contributed by atoms with van der Waals surface area (Å²) >= 11 is 0. The quantitative estimate of drug-likeness (QED) is 0.198. The predicted molar refractivity (Wildman–Crippen MR) is 144 cm³/mol. The third-order valence-corrected chi connectivity index (χ3v) is 7.11. The summed E-state index contributed by atoms with van der Waals surface area (Å²) in [7, 11) is 0. The van der Waals surface area contributed by atoms with Gasteiger partial charge in [-0.1, -0.05) is 81.3 Å². The fraction of sp³-hybridized carbons (Fsp3) is 0.355. The van der Waals surface area contributed by atoms with Gasteiger partial charge in [-0.2, -0.15) is 0 Å². The lowest BCUT2D eigenvalue weighted by atomic mass is 9.77. The van der Waals surface area contributed by atoms with Crippen molar-refractivity contribution in [2.45, 2.75) is 64.5 Å². The van der Waals surface area contributed by atoms with Crippen LogP contribution in [0.2, 0.25) is 0 Å². The number of carbonyl (C=O) groups is 2. The van der Waals surface area contributed by atoms with Crippen molar-refractivity contribution in [1.29, 1.82) is 0 Å². The van der Waals surface area contributed by atoms with E-state index in [0.717, 1.165) is 60.0 Å². The Hall–Kier alpha value is -3.08. The van der Waals surface area contributed by atoms with Crippen molar-refractivity contribution < 1.29 is 9.59 Å². The highest BCUT2D eigenvalue weighted by Crippen LogP contribution is 2.51. The zero-order valence-electron chi connectivity index (χ0n) is 21.1. The van der Waals surface area contributed by atoms with Gasteiger partial charge in [-0.15, -0.1) is 0 Å². The topological polar surface area (TPSA) is 72.2 Å². The van der Waals surface area contributed by atoms with Crippen LogP contribution in [-0.2, 0) is 10.3 Å². The second kappa shape index (κ2) is 10.7. The maximum atomic E-state index is 12.9. The van der Waals surface area contributed by atoms with Crippen LogP contribution in [0.4, 0.5) is 0 Å². The number of unbranched alkanes of at least 4 members (excludes halogenated alkanes) is 1. The highest BCUT2D eigenvalue weighted by molar-refractivity contribution is 6.08. The van der Waals surface area contributed by atoms with E-state index in [1.807, 2.05) is 24.3 Å². The number of hydrogen-bond acceptors (Lipinski definition) is 4. The fourth-order valence-electron chi connectivity index (χ4n) is 5.38. The van der Waals surface area contributed by atoms with Crippen LogP contribution < -0.4 is 11.1 Å². The Morgan fingerprint density at radius 1 is 0.886 bits per heavy atom. The van der Waals surface area contributed by atoms with Gasteiger partial charge >= 0.3 is 0 Å². The highest BCUT2D eigenvalue weighted by atomic mass is 16.1. The molecule has 2 atom stereocenters. The molecule has 0 radical (unpaired) electrons. The van der Waals surface area contributed by atoms with Gasteiger partial charge in [-0.05, 0) is 71.8 Å². The smallest absolute Gasteiger partial charge is 0.170 e. The van der Waals surface area contributed by atoms with Crippen LogP contribution in [0.25, 0.3) is 22.3 Å². The van der Waals surface area contributed by atoms with Crippen molar-refractivity contribution in [3.8, 4) is 22.3 Å². The standard InChI is InChI=1S/C31H36N2O2/c1-4-6-17-33-31(30(32)10-5-2)27-19-23(22-11-8-7-9-12-22)13-15-25(27)26-16-14-24(20-28(26)31)29(35)18-21(3)34/h7-9,11-16,19-20,30,33H,4-6,10,17-18,32H2,1-3H3. The second-order valence-electron chi connectivity index (χ2n) is 9.67. The van der Waals surface area contributed by atoms with Crippen molar-refractivity contribution in [3.05, 3.63) is 83.4 Å². The summed E-state index contributed by atoms with van der Waals surface area (Å²) in [4.78, 5) is 24.5. The lowest BCUT2D eigenvalue weighted by molar-refractivity contribution is -0.116. The minimum atomic E-state index is -0.604. The highest BCUT2D eigenvalue weighted by Gasteiger charge is 2.47. The van der Waals surface area contributed by atoms with Gasteiger partial charge in [0.15, 0.2) is 5.78 Å². The molecule has 4 rings (SSSR count). The van der Waals surface area contributed by atoms with Crippen LogP contribution in [0.5, 0.6) is 0 Å². The third kappa shape index (κ3) is 4.73. The van der Waals surface area contributed by atoms with Crippen molar-refractivity contribution in [2.24, 2.45) is 5.73 Å². The SMILES string of the molecule is CCCCNC1(C(N)CCC)c2cc(C(=O)CC(C)=O)ccc2-c2ccc(-c3ccccc3)cc21. The summed E-state index contributed by atoms with van der Waals surface area (Å²) in [6, 6.07) is 22.7. The first-order chi connectivity index (χ1) is 16.9. The zero-order valence-corrected chi connectivity index (χ0v) is 21.1. The van der Waals surface area contributed by atoms with Gasteiger partial charge in [0.2, 0.25) is 0 Å². The van der Waals surface area contributed by atoms with Crippen LogP contribution in [0, 0.1) is 0 Å². The van der Waals surface area contributed by atoms with Crippen molar-refractivity contribution in [3.63, 3.8) is 0 Å². The summed E-state index contributed by atoms with van der Waals surface area (Å²) in [5.41, 5.74) is 13.8. The van der Waals surface area contributed by atoms with Crippen LogP contribution in [-0.4, -0.2) is 24.2 Å². The molecular formula is C31H36N2O2. The first kappa shape index (κ1) is 25.0. The molecule has 0 spiro atoms. The van der Waals surface area contributed by atoms with E-state index in [1.165, 1.54) is 12.5 Å². The molecule has 3 aromatic carbocycles. The largest absolute Gasteiger partial charge is 0.326 e. The van der Waals surface area contributed by atoms with Gasteiger partial charge in [0, 0.05) is 11.6 Å². The lowest BCUT2D eigenvalue weighted by Crippen LogP contribution is -2.55. The number of fused-ring (bicyclic) bond motifs is 3. The van der Waals surface area contributed by atoms with Crippen LogP contribution >= 0.6 is 0 Å². The molecular weight excluding hydrogens is 432 g/mol. The molecule has 4 nitrogen and oxygen atoms in total. The molecule has 0 heterocycles. The molecule has 3 N–H and O–H groups in total. The maximum absolute atomic E-state index is 12.9. The van der Waals surface area contributed by atoms with Crippen LogP contribution in [0.3, 0.4) is 0 Å². The van der Waals surface area contributed by atoms with Gasteiger partial charge < -0.3 is 11.1 Å². The molecule has 0 saturated heterocycles. The number of rotatable bonds is 11. The van der Waals surface area contributed by atoms with Gasteiger partial charge in [0.05, 0.1) is 12.0 Å². The Bertz CT molecular complexity index is 1220. The number of nitrogens with two attached hydrogens (primary N) is 1. The van der Waals surface area contributed by atoms with Crippen LogP contribution in [0.1, 0.15) is 74.4 Å². The Kier molecular flexibility index (Phi) is 7.63. The van der Waals surface area contributed by atoms with E-state index >= 15 is 0 Å². The van der Waals surface area contributed by atoms with Crippen molar-refractivity contribution >= 4 is 11.6 Å². The first-order valence-corrected chi connectivity index (χ1v) is 12.8. The minimum absolute atomic E-state index is 0.0822. The molecule has 2 unspecified atom stereocenters. The van der Waals surface area contributed by atoms with Crippen molar-refractivity contribution in [2.75, 3.05) is 6.54 Å². The molecule has 4 heteroatoms. The maximum Gasteiger partial charge on any atom is 0.170 e. The molecule has 0 bridgehead atoms. The summed E-state index contributed by atoms with van der Waals surface area (Å²) in [6.45, 7) is 6.63. The number of Topliss-reactive ketones (excluding diaryl/α,β-unsaturated/α-hetero) is 2. The molecule has 182 valence electrons. The number of hydrogen-bond donors (Lipinski definition) is 2. The van der Waals surface area contributed by atoms with Crippen LogP contribution in [0.15, 0.2) is 66.7 Å². The van der Waals surface area contributed by atoms with E-state index in [-0.39, 0.29) is 24.0 Å². The predicted octanol–water partition coefficient (Wildman–Crippen LogP) is 6.26. The van der Waals surface area contributed by atoms with E-state index in [4.69, 9.17) is 5.73 Å². The number of benzene rings is 3. The average Bonchev–Trinajstić information content (AvgIpc) is 3.14. The monoisotopic (exact) mass is 468 g/mol. The number of ketones is 2. The fourth-order valence-corrected chi connectivity index (χ4v) is 5.38. The summed E-state index contributed by atoms with van der Waals surface area (Å²) in [5.74, 6) is -0.269. The van der Waals surface area contributed by atoms with Gasteiger partial charge in [-0.3, -0.25) is 9.59 Å². The molecule has 0 fully saturated rings. The van der Waals surface area contributed by atoms with E-state index in [9.17, 15) is 9.59 Å². The Morgan fingerprint density at radius 2 is 1.57 bits per heavy atom. The zero-order chi connectivity index (χ0) is 25.0. The Morgan fingerprint density at radius 3 is 2.23 bits per heavy atom. The molecule has 0 aliphatic heterocycles. The van der Waals surface area contributed by atoms with E-state index in [2.05, 4.69) is 61.6 Å². The van der Waals surface area contributed by atoms with Gasteiger partial charge in [-0.25, -0.2) is 0 Å². The molecule has 1 aliphatic rings. The Labute approximate surface area is 208 Å². The third-order valence-electron chi connectivity index (χ3n) is 7.11. The average molecular weight is 469 g/mol. The molecule has 0 saturated carbocycles. The minimum Gasteiger partial charge on any atom is -0.326 e. The van der Waals surface area contributed by atoms with Gasteiger partial charge in [0.25, 0.3) is 0 Å². The van der Waals surface area contributed by atoms with E-state index < -0.39 is 5.54 Å². The molecule has 0 amide bonds. The van der Waals surface area contributed by atoms with Crippen molar-refractivity contribution in [1.82, 2.24) is 5.32 Å². The first-order valence-electron chi connectivity index (χ1n) is 12.8. The normalized spacial score (nSPS) is 17.0. The summed E-state index contributed by atoms with van der Waals surface area (Å²) < 4.78 is 0. The number of carbonyl (C=O) groups excluding carboxylic acids is 2. The van der Waals surface area contributed by atoms with E-state index in [0.29, 0.717) is 5.56 Å². The summed E-state index contributed by atoms with van der Waals surface area (Å²) in [6.07, 6.45) is 3.84. The summed E-state index contributed by atoms with van der Waals surface area (Å²) in [5, 5.41) is 3.88. The van der Waals surface area contributed by atoms with E-state index in [1.54, 1.807) is 0 Å². The molecule has 35 heavy (non-hydrogen) atoms. The second-order valence-corrected chi connectivity index (χ2v) is 9.67. The molecule has 1 aliphatic carbocycles. The molecule has 3 aromatic rings. The molecule has 0 aromatic heterocycles. The lowest BCUT2D eigenvalue weighted by Gasteiger charge is -2.39. The number of nitrogens with one attached hydrogen (secondary N) is 1. The van der Waals surface area contributed by atoms with Gasteiger partial charge in [0.1, 0.15) is 5.78 Å².